The minimum atomic E-state index is -0.838. The van der Waals surface area contributed by atoms with Crippen LogP contribution in [0.1, 0.15) is 45.4 Å². The largest absolute Gasteiger partial charge is 0.461 e. The van der Waals surface area contributed by atoms with Crippen LogP contribution in [0.15, 0.2) is 24.3 Å². The predicted octanol–water partition coefficient (Wildman–Crippen LogP) is 5.13. The van der Waals surface area contributed by atoms with Crippen molar-refractivity contribution in [2.75, 3.05) is 43.0 Å². The van der Waals surface area contributed by atoms with Crippen molar-refractivity contribution in [3.05, 3.63) is 40.9 Å². The topological polar surface area (TPSA) is 82.6 Å². The van der Waals surface area contributed by atoms with E-state index in [9.17, 15) is 4.79 Å². The maximum absolute atomic E-state index is 16.5. The van der Waals surface area contributed by atoms with Gasteiger partial charge in [0.25, 0.3) is 0 Å². The standard InChI is InChI=1S/C30H33ClF2N6O2/c1-17(40)34-18-6-7-23(31)21(12-18)25-24(32)13-22-27(26(25)33)36-29(41-16-30-8-2-10-39(30)11-3-9-30)37-28(22)38-14-19-4-5-20(15-38)35-19/h6-7,12-13,19-20,35H,2-5,8-11,14-16H2,1H3,(H,34,40). The Morgan fingerprint density at radius 3 is 2.59 bits per heavy atom. The van der Waals surface area contributed by atoms with Crippen LogP contribution in [-0.4, -0.2) is 71.2 Å². The summed E-state index contributed by atoms with van der Waals surface area (Å²) in [6.45, 7) is 5.30. The van der Waals surface area contributed by atoms with Gasteiger partial charge in [-0.05, 0) is 75.9 Å². The average Bonchev–Trinajstić information content (AvgIpc) is 3.62. The Bertz CT molecular complexity index is 1510. The van der Waals surface area contributed by atoms with Crippen LogP contribution >= 0.6 is 11.6 Å². The summed E-state index contributed by atoms with van der Waals surface area (Å²) >= 11 is 6.44. The summed E-state index contributed by atoms with van der Waals surface area (Å²) in [5.41, 5.74) is 0.166. The van der Waals surface area contributed by atoms with Crippen molar-refractivity contribution in [3.63, 3.8) is 0 Å². The average molecular weight is 583 g/mol. The maximum Gasteiger partial charge on any atom is 0.319 e. The van der Waals surface area contributed by atoms with Crippen molar-refractivity contribution in [1.82, 2.24) is 20.2 Å². The fraction of sp³-hybridized carbons (Fsp3) is 0.500. The Morgan fingerprint density at radius 2 is 1.88 bits per heavy atom. The van der Waals surface area contributed by atoms with Crippen LogP contribution in [0.5, 0.6) is 6.01 Å². The zero-order chi connectivity index (χ0) is 28.3. The van der Waals surface area contributed by atoms with Crippen molar-refractivity contribution in [2.24, 2.45) is 0 Å². The van der Waals surface area contributed by atoms with Gasteiger partial charge in [0.05, 0.1) is 11.1 Å². The molecule has 4 aliphatic rings. The van der Waals surface area contributed by atoms with Gasteiger partial charge in [-0.25, -0.2) is 8.78 Å². The number of aromatic nitrogens is 2. The van der Waals surface area contributed by atoms with Crippen molar-refractivity contribution in [3.8, 4) is 17.1 Å². The summed E-state index contributed by atoms with van der Waals surface area (Å²) in [5.74, 6) is -1.43. The Balaban J connectivity index is 1.34. The first kappa shape index (κ1) is 26.8. The molecule has 2 aromatic carbocycles. The molecule has 0 saturated carbocycles. The molecule has 216 valence electrons. The quantitative estimate of drug-likeness (QED) is 0.417. The second-order valence-corrected chi connectivity index (χ2v) is 12.3. The summed E-state index contributed by atoms with van der Waals surface area (Å²) in [6.07, 6.45) is 6.49. The van der Waals surface area contributed by atoms with Gasteiger partial charge < -0.3 is 20.3 Å². The molecule has 8 nitrogen and oxygen atoms in total. The molecule has 2 atom stereocenters. The highest BCUT2D eigenvalue weighted by Crippen LogP contribution is 2.41. The van der Waals surface area contributed by atoms with Gasteiger partial charge >= 0.3 is 6.01 Å². The Labute approximate surface area is 242 Å². The summed E-state index contributed by atoms with van der Waals surface area (Å²) in [6, 6.07) is 6.57. The van der Waals surface area contributed by atoms with Gasteiger partial charge in [0.1, 0.15) is 23.8 Å². The van der Waals surface area contributed by atoms with Crippen molar-refractivity contribution >= 4 is 39.9 Å². The van der Waals surface area contributed by atoms with E-state index in [0.717, 1.165) is 51.6 Å². The smallest absolute Gasteiger partial charge is 0.319 e. The molecule has 4 saturated heterocycles. The van der Waals surface area contributed by atoms with Gasteiger partial charge in [0.15, 0.2) is 5.82 Å². The molecular formula is C30H33ClF2N6O2. The predicted molar refractivity (Wildman–Crippen MR) is 155 cm³/mol. The first-order valence-corrected chi connectivity index (χ1v) is 14.8. The number of benzene rings is 2. The molecule has 0 spiro atoms. The molecule has 11 heteroatoms. The Morgan fingerprint density at radius 1 is 1.15 bits per heavy atom. The molecule has 7 rings (SSSR count). The normalized spacial score (nSPS) is 23.3. The highest BCUT2D eigenvalue weighted by Gasteiger charge is 2.45. The zero-order valence-electron chi connectivity index (χ0n) is 23.0. The van der Waals surface area contributed by atoms with Crippen LogP contribution in [0.2, 0.25) is 5.02 Å². The van der Waals surface area contributed by atoms with Gasteiger partial charge in [-0.15, -0.1) is 0 Å². The number of fused-ring (bicyclic) bond motifs is 4. The summed E-state index contributed by atoms with van der Waals surface area (Å²) in [7, 11) is 0. The third-order valence-electron chi connectivity index (χ3n) is 9.20. The van der Waals surface area contributed by atoms with E-state index in [0.29, 0.717) is 48.7 Å². The SMILES string of the molecule is CC(=O)Nc1ccc(Cl)c(-c2c(F)cc3c(N4CC5CCC(C4)N5)nc(OCC45CCCN4CCC5)nc3c2F)c1. The van der Waals surface area contributed by atoms with E-state index in [2.05, 4.69) is 25.4 Å². The van der Waals surface area contributed by atoms with Gasteiger partial charge in [-0.2, -0.15) is 9.97 Å². The first-order chi connectivity index (χ1) is 19.8. The van der Waals surface area contributed by atoms with E-state index >= 15 is 8.78 Å². The number of anilines is 2. The van der Waals surface area contributed by atoms with E-state index in [-0.39, 0.29) is 39.1 Å². The fourth-order valence-corrected chi connectivity index (χ4v) is 7.55. The molecule has 4 fully saturated rings. The molecule has 3 aromatic rings. The number of amides is 1. The monoisotopic (exact) mass is 582 g/mol. The molecule has 4 aliphatic heterocycles. The second-order valence-electron chi connectivity index (χ2n) is 11.9. The van der Waals surface area contributed by atoms with E-state index in [1.165, 1.54) is 25.1 Å². The number of nitrogens with zero attached hydrogens (tertiary/aromatic N) is 4. The van der Waals surface area contributed by atoms with Gasteiger partial charge in [0.2, 0.25) is 5.91 Å². The van der Waals surface area contributed by atoms with E-state index in [1.54, 1.807) is 6.07 Å². The number of carbonyl (C=O) groups excluding carboxylic acids is 1. The number of piperazine rings is 1. The number of rotatable bonds is 6. The molecule has 0 radical (unpaired) electrons. The number of carbonyl (C=O) groups is 1. The molecule has 2 unspecified atom stereocenters. The van der Waals surface area contributed by atoms with E-state index in [4.69, 9.17) is 21.3 Å². The van der Waals surface area contributed by atoms with Crippen LogP contribution in [0.4, 0.5) is 20.3 Å². The summed E-state index contributed by atoms with van der Waals surface area (Å²) in [5, 5.41) is 6.71. The minimum absolute atomic E-state index is 0.0134. The number of hydrogen-bond donors (Lipinski definition) is 2. The molecule has 0 aliphatic carbocycles. The van der Waals surface area contributed by atoms with Crippen LogP contribution in [0.25, 0.3) is 22.0 Å². The van der Waals surface area contributed by atoms with Crippen molar-refractivity contribution in [1.29, 1.82) is 0 Å². The third kappa shape index (κ3) is 4.79. The Kier molecular flexibility index (Phi) is 6.75. The zero-order valence-corrected chi connectivity index (χ0v) is 23.7. The number of halogens is 3. The van der Waals surface area contributed by atoms with Crippen LogP contribution in [-0.2, 0) is 4.79 Å². The van der Waals surface area contributed by atoms with Gasteiger partial charge in [0, 0.05) is 53.8 Å². The minimum Gasteiger partial charge on any atom is -0.461 e. The summed E-state index contributed by atoms with van der Waals surface area (Å²) < 4.78 is 38.6. The summed E-state index contributed by atoms with van der Waals surface area (Å²) in [4.78, 5) is 25.5. The lowest BCUT2D eigenvalue weighted by atomic mass is 9.95. The third-order valence-corrected chi connectivity index (χ3v) is 9.53. The molecule has 5 heterocycles. The highest BCUT2D eigenvalue weighted by atomic mass is 35.5. The first-order valence-electron chi connectivity index (χ1n) is 14.5. The number of nitrogens with one attached hydrogen (secondary N) is 2. The Hall–Kier alpha value is -3.08. The van der Waals surface area contributed by atoms with Gasteiger partial charge in [-0.1, -0.05) is 11.6 Å². The van der Waals surface area contributed by atoms with Gasteiger partial charge in [-0.3, -0.25) is 9.69 Å². The van der Waals surface area contributed by atoms with E-state index < -0.39 is 11.6 Å². The molecular weight excluding hydrogens is 550 g/mol. The van der Waals surface area contributed by atoms with Crippen LogP contribution in [0.3, 0.4) is 0 Å². The lowest BCUT2D eigenvalue weighted by molar-refractivity contribution is -0.114. The fourth-order valence-electron chi connectivity index (χ4n) is 7.34. The van der Waals surface area contributed by atoms with Crippen LogP contribution < -0.4 is 20.3 Å². The second kappa shape index (κ2) is 10.3. The van der Waals surface area contributed by atoms with Crippen molar-refractivity contribution < 1.29 is 18.3 Å². The lowest BCUT2D eigenvalue weighted by Gasteiger charge is -2.34. The lowest BCUT2D eigenvalue weighted by Crippen LogP contribution is -2.51. The number of hydrogen-bond acceptors (Lipinski definition) is 7. The molecule has 41 heavy (non-hydrogen) atoms. The maximum atomic E-state index is 16.5. The highest BCUT2D eigenvalue weighted by molar-refractivity contribution is 6.33. The molecule has 1 amide bonds. The molecule has 1 aromatic heterocycles. The number of ether oxygens (including phenoxy) is 1. The van der Waals surface area contributed by atoms with E-state index in [1.807, 2.05) is 0 Å². The molecule has 2 bridgehead atoms. The van der Waals surface area contributed by atoms with Crippen molar-refractivity contribution in [2.45, 2.75) is 63.1 Å². The van der Waals surface area contributed by atoms with Crippen LogP contribution in [0, 0.1) is 11.6 Å². The molecule has 2 N–H and O–H groups in total.